The van der Waals surface area contributed by atoms with Crippen LogP contribution in [0.5, 0.6) is 11.5 Å². The Bertz CT molecular complexity index is 510. The zero-order valence-corrected chi connectivity index (χ0v) is 10.3. The van der Waals surface area contributed by atoms with Crippen LogP contribution >= 0.6 is 0 Å². The van der Waals surface area contributed by atoms with E-state index in [1.165, 1.54) is 12.1 Å². The molecule has 0 amide bonds. The first-order valence-corrected chi connectivity index (χ1v) is 6.28. The maximum Gasteiger partial charge on any atom is 0.139 e. The molecule has 2 rings (SSSR count). The smallest absolute Gasteiger partial charge is 0.139 e. The summed E-state index contributed by atoms with van der Waals surface area (Å²) in [6.45, 7) is 0.467. The summed E-state index contributed by atoms with van der Waals surface area (Å²) in [7, 11) is 0. The molecule has 0 aliphatic rings. The van der Waals surface area contributed by atoms with Crippen molar-refractivity contribution in [3.63, 3.8) is 0 Å². The van der Waals surface area contributed by atoms with E-state index in [4.69, 9.17) is 4.74 Å². The molecule has 0 saturated carbocycles. The summed E-state index contributed by atoms with van der Waals surface area (Å²) in [4.78, 5) is 0. The molecule has 0 radical (unpaired) electrons. The van der Waals surface area contributed by atoms with Gasteiger partial charge in [-0.1, -0.05) is 30.3 Å². The lowest BCUT2D eigenvalue weighted by Gasteiger charge is -2.09. The molecule has 2 aromatic carbocycles. The Balaban J connectivity index is 1.92. The molecular weight excluding hydrogens is 252 g/mol. The largest absolute Gasteiger partial charge is 0.740 e. The van der Waals surface area contributed by atoms with Gasteiger partial charge < -0.3 is 13.5 Å². The number of ether oxygens (including phenoxy) is 1. The van der Waals surface area contributed by atoms with Gasteiger partial charge >= 0.3 is 0 Å². The Kier molecular flexibility index (Phi) is 4.33. The van der Waals surface area contributed by atoms with E-state index in [9.17, 15) is 8.76 Å². The normalized spacial score (nSPS) is 11.8. The van der Waals surface area contributed by atoms with E-state index in [-0.39, 0.29) is 5.75 Å². The molecule has 0 fully saturated rings. The average Bonchev–Trinajstić information content (AvgIpc) is 2.38. The lowest BCUT2D eigenvalue weighted by atomic mass is 10.2. The molecule has 4 nitrogen and oxygen atoms in total. The molecule has 1 atom stereocenters. The van der Waals surface area contributed by atoms with E-state index in [0.717, 1.165) is 5.56 Å². The van der Waals surface area contributed by atoms with Crippen LogP contribution in [-0.2, 0) is 18.0 Å². The third-order valence-electron chi connectivity index (χ3n) is 2.24. The van der Waals surface area contributed by atoms with Crippen LogP contribution in [-0.4, -0.2) is 8.76 Å². The van der Waals surface area contributed by atoms with Gasteiger partial charge in [-0.05, 0) is 29.8 Å². The van der Waals surface area contributed by atoms with E-state index in [1.54, 1.807) is 12.1 Å². The molecule has 1 unspecified atom stereocenters. The highest BCUT2D eigenvalue weighted by Gasteiger charge is 1.97. The van der Waals surface area contributed by atoms with Crippen LogP contribution in [0.1, 0.15) is 5.56 Å². The zero-order valence-electron chi connectivity index (χ0n) is 9.44. The van der Waals surface area contributed by atoms with Crippen molar-refractivity contribution in [1.29, 1.82) is 0 Å². The van der Waals surface area contributed by atoms with Gasteiger partial charge in [0.25, 0.3) is 0 Å². The fourth-order valence-corrected chi connectivity index (χ4v) is 1.68. The summed E-state index contributed by atoms with van der Waals surface area (Å²) < 4.78 is 30.7. The highest BCUT2D eigenvalue weighted by atomic mass is 32.2. The lowest BCUT2D eigenvalue weighted by molar-refractivity contribution is 0.306. The summed E-state index contributed by atoms with van der Waals surface area (Å²) in [6.07, 6.45) is 0. The first-order chi connectivity index (χ1) is 8.74. The number of benzene rings is 2. The van der Waals surface area contributed by atoms with Gasteiger partial charge in [0, 0.05) is 0 Å². The van der Waals surface area contributed by atoms with Gasteiger partial charge in [-0.15, -0.1) is 0 Å². The van der Waals surface area contributed by atoms with Gasteiger partial charge in [-0.25, -0.2) is 4.21 Å². The molecule has 0 bridgehead atoms. The molecule has 0 saturated heterocycles. The van der Waals surface area contributed by atoms with Crippen LogP contribution in [0.4, 0.5) is 0 Å². The first kappa shape index (κ1) is 12.6. The van der Waals surface area contributed by atoms with E-state index < -0.39 is 11.4 Å². The maximum atomic E-state index is 10.3. The van der Waals surface area contributed by atoms with Crippen molar-refractivity contribution in [2.24, 2.45) is 0 Å². The third-order valence-corrected chi connectivity index (χ3v) is 2.56. The van der Waals surface area contributed by atoms with Gasteiger partial charge in [0.05, 0.1) is 0 Å². The van der Waals surface area contributed by atoms with Gasteiger partial charge in [0.2, 0.25) is 0 Å². The Morgan fingerprint density at radius 3 is 2.17 bits per heavy atom. The number of hydrogen-bond acceptors (Lipinski definition) is 4. The minimum absolute atomic E-state index is 0.260. The first-order valence-electron chi connectivity index (χ1n) is 5.28. The summed E-state index contributed by atoms with van der Waals surface area (Å²) in [5, 5.41) is 0. The fraction of sp³-hybridized carbons (Fsp3) is 0.0769. The average molecular weight is 263 g/mol. The van der Waals surface area contributed by atoms with Crippen molar-refractivity contribution in [3.8, 4) is 11.5 Å². The van der Waals surface area contributed by atoms with Crippen LogP contribution in [0.3, 0.4) is 0 Å². The predicted octanol–water partition coefficient (Wildman–Crippen LogP) is 2.44. The van der Waals surface area contributed by atoms with E-state index >= 15 is 0 Å². The van der Waals surface area contributed by atoms with Crippen LogP contribution in [0.2, 0.25) is 0 Å². The molecule has 0 heterocycles. The molecule has 0 aliphatic heterocycles. The van der Waals surface area contributed by atoms with Crippen molar-refractivity contribution in [2.45, 2.75) is 6.61 Å². The van der Waals surface area contributed by atoms with E-state index in [2.05, 4.69) is 4.18 Å². The Morgan fingerprint density at radius 1 is 0.944 bits per heavy atom. The highest BCUT2D eigenvalue weighted by molar-refractivity contribution is 7.74. The highest BCUT2D eigenvalue weighted by Crippen LogP contribution is 2.19. The Morgan fingerprint density at radius 2 is 1.56 bits per heavy atom. The second-order valence-corrected chi connectivity index (χ2v) is 4.11. The number of rotatable bonds is 5. The molecule has 0 spiro atoms. The molecule has 0 aliphatic carbocycles. The molecule has 0 aromatic heterocycles. The second kappa shape index (κ2) is 6.18. The summed E-state index contributed by atoms with van der Waals surface area (Å²) in [5.41, 5.74) is 1.07. The van der Waals surface area contributed by atoms with Crippen molar-refractivity contribution in [1.82, 2.24) is 0 Å². The molecule has 18 heavy (non-hydrogen) atoms. The maximum absolute atomic E-state index is 10.3. The number of hydrogen-bond donors (Lipinski definition) is 0. The second-order valence-electron chi connectivity index (χ2n) is 3.53. The van der Waals surface area contributed by atoms with Crippen molar-refractivity contribution >= 4 is 11.4 Å². The fourth-order valence-electron chi connectivity index (χ4n) is 1.41. The van der Waals surface area contributed by atoms with E-state index in [1.807, 2.05) is 30.3 Å². The SMILES string of the molecule is O=S([O-])Oc1ccc(OCc2ccccc2)cc1. The lowest BCUT2D eigenvalue weighted by Crippen LogP contribution is -1.98. The standard InChI is InChI=1S/C13H12O4S/c14-18(15)17-13-8-6-12(7-9-13)16-10-11-4-2-1-3-5-11/h1-9H,10H2,(H,14,15)/p-1. The Labute approximate surface area is 108 Å². The minimum Gasteiger partial charge on any atom is -0.740 e. The van der Waals surface area contributed by atoms with E-state index in [0.29, 0.717) is 12.4 Å². The van der Waals surface area contributed by atoms with Gasteiger partial charge in [0.15, 0.2) is 0 Å². The minimum atomic E-state index is -2.55. The van der Waals surface area contributed by atoms with Crippen LogP contribution in [0.25, 0.3) is 0 Å². The van der Waals surface area contributed by atoms with Crippen molar-refractivity contribution < 1.29 is 17.7 Å². The van der Waals surface area contributed by atoms with Crippen LogP contribution in [0, 0.1) is 0 Å². The topological polar surface area (TPSA) is 58.6 Å². The predicted molar refractivity (Wildman–Crippen MR) is 66.8 cm³/mol. The van der Waals surface area contributed by atoms with Crippen molar-refractivity contribution in [2.75, 3.05) is 0 Å². The molecule has 5 heteroatoms. The van der Waals surface area contributed by atoms with Gasteiger partial charge in [-0.2, -0.15) is 0 Å². The molecule has 94 valence electrons. The summed E-state index contributed by atoms with van der Waals surface area (Å²) >= 11 is -2.55. The third kappa shape index (κ3) is 3.87. The van der Waals surface area contributed by atoms with Crippen LogP contribution in [0.15, 0.2) is 54.6 Å². The van der Waals surface area contributed by atoms with Crippen molar-refractivity contribution in [3.05, 3.63) is 60.2 Å². The Hall–Kier alpha value is -1.85. The molecule has 0 N–H and O–H groups in total. The zero-order chi connectivity index (χ0) is 12.8. The van der Waals surface area contributed by atoms with Gasteiger partial charge in [-0.3, -0.25) is 0 Å². The summed E-state index contributed by atoms with van der Waals surface area (Å²) in [5.74, 6) is 0.915. The molecular formula is C13H11O4S-. The van der Waals surface area contributed by atoms with Gasteiger partial charge in [0.1, 0.15) is 29.5 Å². The quantitative estimate of drug-likeness (QED) is 0.777. The molecule has 2 aromatic rings. The van der Waals surface area contributed by atoms with Crippen LogP contribution < -0.4 is 8.92 Å². The summed E-state index contributed by atoms with van der Waals surface area (Å²) in [6, 6.07) is 16.2. The monoisotopic (exact) mass is 263 g/mol.